The molecule has 2 unspecified atom stereocenters. The van der Waals surface area contributed by atoms with E-state index in [2.05, 4.69) is 4.72 Å². The van der Waals surface area contributed by atoms with E-state index in [0.29, 0.717) is 19.6 Å². The molecule has 1 saturated heterocycles. The van der Waals surface area contributed by atoms with E-state index in [9.17, 15) is 8.42 Å². The normalized spacial score (nSPS) is 25.6. The predicted octanol–water partition coefficient (Wildman–Crippen LogP) is 0.290. The summed E-state index contributed by atoms with van der Waals surface area (Å²) in [6, 6.07) is 0.0594. The van der Waals surface area contributed by atoms with Crippen LogP contribution in [0.25, 0.3) is 0 Å². The Morgan fingerprint density at radius 1 is 1.56 bits per heavy atom. The SMILES string of the molecule is CCCNS(=O)(=O)N1CCCC(C(C)N)C1. The average Bonchev–Trinajstić information content (AvgIpc) is 2.26. The van der Waals surface area contributed by atoms with E-state index in [0.717, 1.165) is 19.3 Å². The standard InChI is InChI=1S/C10H23N3O2S/c1-3-6-12-16(14,15)13-7-4-5-10(8-13)9(2)11/h9-10,12H,3-8,11H2,1-2H3. The Bertz CT molecular complexity index is 303. The Labute approximate surface area is 98.6 Å². The van der Waals surface area contributed by atoms with Crippen molar-refractivity contribution < 1.29 is 8.42 Å². The molecular weight excluding hydrogens is 226 g/mol. The molecule has 0 aliphatic carbocycles. The van der Waals surface area contributed by atoms with E-state index in [1.807, 2.05) is 13.8 Å². The molecule has 0 spiro atoms. The zero-order valence-electron chi connectivity index (χ0n) is 10.1. The van der Waals surface area contributed by atoms with Crippen LogP contribution in [-0.4, -0.2) is 38.4 Å². The second-order valence-corrected chi connectivity index (χ2v) is 6.27. The average molecular weight is 249 g/mol. The second kappa shape index (κ2) is 5.95. The quantitative estimate of drug-likeness (QED) is 0.735. The van der Waals surface area contributed by atoms with Crippen molar-refractivity contribution in [1.29, 1.82) is 0 Å². The van der Waals surface area contributed by atoms with Crippen molar-refractivity contribution in [2.45, 2.75) is 39.2 Å². The molecule has 3 N–H and O–H groups in total. The molecule has 1 fully saturated rings. The zero-order valence-corrected chi connectivity index (χ0v) is 11.0. The lowest BCUT2D eigenvalue weighted by Gasteiger charge is -2.33. The first kappa shape index (κ1) is 13.9. The van der Waals surface area contributed by atoms with Crippen molar-refractivity contribution in [2.75, 3.05) is 19.6 Å². The minimum atomic E-state index is -3.28. The van der Waals surface area contributed by atoms with Crippen molar-refractivity contribution in [1.82, 2.24) is 9.03 Å². The Hall–Kier alpha value is -0.170. The number of nitrogens with two attached hydrogens (primary N) is 1. The largest absolute Gasteiger partial charge is 0.328 e. The van der Waals surface area contributed by atoms with E-state index < -0.39 is 10.2 Å². The highest BCUT2D eigenvalue weighted by Gasteiger charge is 2.29. The summed E-state index contributed by atoms with van der Waals surface area (Å²) in [6.45, 7) is 5.56. The maximum atomic E-state index is 11.9. The van der Waals surface area contributed by atoms with E-state index >= 15 is 0 Å². The molecule has 1 aliphatic rings. The smallest absolute Gasteiger partial charge is 0.279 e. The van der Waals surface area contributed by atoms with Crippen LogP contribution in [-0.2, 0) is 10.2 Å². The van der Waals surface area contributed by atoms with E-state index in [1.54, 1.807) is 0 Å². The van der Waals surface area contributed by atoms with Gasteiger partial charge in [0.1, 0.15) is 0 Å². The Morgan fingerprint density at radius 3 is 2.81 bits per heavy atom. The summed E-state index contributed by atoms with van der Waals surface area (Å²) in [6.07, 6.45) is 2.74. The van der Waals surface area contributed by atoms with Gasteiger partial charge in [-0.05, 0) is 32.1 Å². The number of nitrogens with one attached hydrogen (secondary N) is 1. The monoisotopic (exact) mass is 249 g/mol. The molecule has 5 nitrogen and oxygen atoms in total. The summed E-state index contributed by atoms with van der Waals surface area (Å²) < 4.78 is 27.9. The second-order valence-electron chi connectivity index (χ2n) is 4.52. The van der Waals surface area contributed by atoms with Gasteiger partial charge in [-0.2, -0.15) is 12.7 Å². The molecule has 0 radical (unpaired) electrons. The number of hydrogen-bond acceptors (Lipinski definition) is 3. The van der Waals surface area contributed by atoms with Crippen LogP contribution in [0, 0.1) is 5.92 Å². The van der Waals surface area contributed by atoms with Crippen LogP contribution >= 0.6 is 0 Å². The number of piperidine rings is 1. The van der Waals surface area contributed by atoms with Gasteiger partial charge in [-0.15, -0.1) is 0 Å². The van der Waals surface area contributed by atoms with Crippen molar-refractivity contribution in [3.05, 3.63) is 0 Å². The van der Waals surface area contributed by atoms with Gasteiger partial charge >= 0.3 is 0 Å². The third kappa shape index (κ3) is 3.69. The van der Waals surface area contributed by atoms with Crippen LogP contribution in [0.4, 0.5) is 0 Å². The lowest BCUT2D eigenvalue weighted by molar-refractivity contribution is 0.241. The fourth-order valence-corrected chi connectivity index (χ4v) is 3.35. The minimum absolute atomic E-state index is 0.0594. The molecule has 6 heteroatoms. The van der Waals surface area contributed by atoms with Gasteiger partial charge in [0.15, 0.2) is 0 Å². The van der Waals surface area contributed by atoms with Crippen LogP contribution in [0.2, 0.25) is 0 Å². The van der Waals surface area contributed by atoms with Gasteiger partial charge in [0.05, 0.1) is 0 Å². The maximum Gasteiger partial charge on any atom is 0.279 e. The maximum absolute atomic E-state index is 11.9. The lowest BCUT2D eigenvalue weighted by atomic mass is 9.93. The van der Waals surface area contributed by atoms with E-state index in [4.69, 9.17) is 5.73 Å². The lowest BCUT2D eigenvalue weighted by Crippen LogP contribution is -2.49. The summed E-state index contributed by atoms with van der Waals surface area (Å²) in [5, 5.41) is 0. The fourth-order valence-electron chi connectivity index (χ4n) is 1.94. The Kier molecular flexibility index (Phi) is 5.17. The van der Waals surface area contributed by atoms with Gasteiger partial charge in [0.2, 0.25) is 0 Å². The highest BCUT2D eigenvalue weighted by Crippen LogP contribution is 2.20. The molecule has 16 heavy (non-hydrogen) atoms. The first-order chi connectivity index (χ1) is 7.47. The first-order valence-corrected chi connectivity index (χ1v) is 7.41. The highest BCUT2D eigenvalue weighted by molar-refractivity contribution is 7.87. The summed E-state index contributed by atoms with van der Waals surface area (Å²) in [4.78, 5) is 0. The molecule has 0 aromatic heterocycles. The fraction of sp³-hybridized carbons (Fsp3) is 1.00. The van der Waals surface area contributed by atoms with Crippen molar-refractivity contribution >= 4 is 10.2 Å². The van der Waals surface area contributed by atoms with Crippen LogP contribution in [0.1, 0.15) is 33.1 Å². The van der Waals surface area contributed by atoms with Crippen molar-refractivity contribution in [3.63, 3.8) is 0 Å². The summed E-state index contributed by atoms with van der Waals surface area (Å²) >= 11 is 0. The predicted molar refractivity (Wildman–Crippen MR) is 65.2 cm³/mol. The van der Waals surface area contributed by atoms with Gasteiger partial charge in [0, 0.05) is 25.7 Å². The molecule has 1 aliphatic heterocycles. The van der Waals surface area contributed by atoms with Gasteiger partial charge in [-0.25, -0.2) is 4.72 Å². The molecule has 0 bridgehead atoms. The number of hydrogen-bond donors (Lipinski definition) is 2. The molecule has 0 saturated carbocycles. The van der Waals surface area contributed by atoms with Crippen molar-refractivity contribution in [2.24, 2.45) is 11.7 Å². The molecular formula is C10H23N3O2S. The molecule has 1 heterocycles. The highest BCUT2D eigenvalue weighted by atomic mass is 32.2. The molecule has 0 aromatic carbocycles. The third-order valence-corrected chi connectivity index (χ3v) is 4.62. The van der Waals surface area contributed by atoms with Gasteiger partial charge in [0.25, 0.3) is 10.2 Å². The van der Waals surface area contributed by atoms with E-state index in [-0.39, 0.29) is 12.0 Å². The first-order valence-electron chi connectivity index (χ1n) is 5.97. The van der Waals surface area contributed by atoms with E-state index in [1.165, 1.54) is 4.31 Å². The van der Waals surface area contributed by atoms with Gasteiger partial charge < -0.3 is 5.73 Å². The Morgan fingerprint density at radius 2 is 2.25 bits per heavy atom. The molecule has 0 amide bonds. The Balaban J connectivity index is 2.59. The summed E-state index contributed by atoms with van der Waals surface area (Å²) in [5.41, 5.74) is 5.83. The molecule has 2 atom stereocenters. The van der Waals surface area contributed by atoms with Gasteiger partial charge in [-0.3, -0.25) is 0 Å². The summed E-state index contributed by atoms with van der Waals surface area (Å²) in [5.74, 6) is 0.284. The molecule has 0 aromatic rings. The number of nitrogens with zero attached hydrogens (tertiary/aromatic N) is 1. The topological polar surface area (TPSA) is 75.4 Å². The van der Waals surface area contributed by atoms with Crippen LogP contribution in [0.15, 0.2) is 0 Å². The van der Waals surface area contributed by atoms with Gasteiger partial charge in [-0.1, -0.05) is 6.92 Å². The minimum Gasteiger partial charge on any atom is -0.328 e. The third-order valence-electron chi connectivity index (χ3n) is 3.04. The molecule has 1 rings (SSSR count). The molecule has 96 valence electrons. The van der Waals surface area contributed by atoms with Crippen LogP contribution in [0.5, 0.6) is 0 Å². The summed E-state index contributed by atoms with van der Waals surface area (Å²) in [7, 11) is -3.28. The number of rotatable bonds is 5. The van der Waals surface area contributed by atoms with Crippen LogP contribution in [0.3, 0.4) is 0 Å². The van der Waals surface area contributed by atoms with Crippen LogP contribution < -0.4 is 10.5 Å². The van der Waals surface area contributed by atoms with Crippen molar-refractivity contribution in [3.8, 4) is 0 Å². The zero-order chi connectivity index (χ0) is 12.2.